The Morgan fingerprint density at radius 2 is 1.93 bits per heavy atom. The fraction of sp³-hybridized carbons (Fsp3) is 0.222. The molecule has 0 aromatic carbocycles. The number of fused-ring (bicyclic) bond motifs is 1. The highest BCUT2D eigenvalue weighted by Crippen LogP contribution is 2.02. The van der Waals surface area contributed by atoms with Gasteiger partial charge < -0.3 is 0 Å². The van der Waals surface area contributed by atoms with Crippen molar-refractivity contribution in [2.24, 2.45) is 14.1 Å². The first-order chi connectivity index (χ1) is 6.63. The topological polar surface area (TPSA) is 56.9 Å². The van der Waals surface area contributed by atoms with Gasteiger partial charge in [-0.15, -0.1) is 0 Å². The third-order valence-corrected chi connectivity index (χ3v) is 2.27. The van der Waals surface area contributed by atoms with E-state index in [9.17, 15) is 9.59 Å². The average Bonchev–Trinajstić information content (AvgIpc) is 2.23. The highest BCUT2D eigenvalue weighted by Gasteiger charge is 2.06. The van der Waals surface area contributed by atoms with Crippen LogP contribution in [0.4, 0.5) is 0 Å². The average molecular weight is 191 g/mol. The SMILES string of the molecule is Cn1c(=O)c2ccncc2n(C)c1=O. The summed E-state index contributed by atoms with van der Waals surface area (Å²) in [6.45, 7) is 0. The largest absolute Gasteiger partial charge is 0.330 e. The maximum atomic E-state index is 11.6. The van der Waals surface area contributed by atoms with Crippen LogP contribution >= 0.6 is 0 Å². The summed E-state index contributed by atoms with van der Waals surface area (Å²) >= 11 is 0. The van der Waals surface area contributed by atoms with E-state index in [1.807, 2.05) is 0 Å². The molecule has 0 aliphatic carbocycles. The van der Waals surface area contributed by atoms with E-state index in [0.29, 0.717) is 10.9 Å². The van der Waals surface area contributed by atoms with E-state index in [4.69, 9.17) is 0 Å². The number of hydrogen-bond acceptors (Lipinski definition) is 3. The monoisotopic (exact) mass is 191 g/mol. The summed E-state index contributed by atoms with van der Waals surface area (Å²) in [5.74, 6) is 0. The molecule has 0 bridgehead atoms. The Bertz CT molecular complexity index is 609. The highest BCUT2D eigenvalue weighted by molar-refractivity contribution is 5.76. The van der Waals surface area contributed by atoms with Crippen molar-refractivity contribution in [1.29, 1.82) is 0 Å². The lowest BCUT2D eigenvalue weighted by Gasteiger charge is -2.05. The van der Waals surface area contributed by atoms with Crippen LogP contribution in [-0.2, 0) is 14.1 Å². The van der Waals surface area contributed by atoms with Crippen LogP contribution in [0, 0.1) is 0 Å². The minimum Gasteiger partial charge on any atom is -0.295 e. The molecule has 0 N–H and O–H groups in total. The Balaban J connectivity index is 3.19. The molecule has 5 nitrogen and oxygen atoms in total. The van der Waals surface area contributed by atoms with Gasteiger partial charge in [0.15, 0.2) is 0 Å². The van der Waals surface area contributed by atoms with Gasteiger partial charge in [-0.25, -0.2) is 4.79 Å². The van der Waals surface area contributed by atoms with E-state index < -0.39 is 0 Å². The minimum atomic E-state index is -0.337. The van der Waals surface area contributed by atoms with Crippen molar-refractivity contribution in [3.8, 4) is 0 Å². The molecule has 0 fully saturated rings. The Morgan fingerprint density at radius 3 is 2.64 bits per heavy atom. The molecular weight excluding hydrogens is 182 g/mol. The third-order valence-electron chi connectivity index (χ3n) is 2.27. The van der Waals surface area contributed by atoms with Gasteiger partial charge in [0.2, 0.25) is 0 Å². The van der Waals surface area contributed by atoms with Gasteiger partial charge in [-0.05, 0) is 6.07 Å². The number of pyridine rings is 1. The van der Waals surface area contributed by atoms with Crippen molar-refractivity contribution in [3.63, 3.8) is 0 Å². The number of rotatable bonds is 0. The number of aromatic nitrogens is 3. The van der Waals surface area contributed by atoms with E-state index >= 15 is 0 Å². The van der Waals surface area contributed by atoms with Crippen LogP contribution in [0.15, 0.2) is 28.0 Å². The Morgan fingerprint density at radius 1 is 1.21 bits per heavy atom. The first kappa shape index (κ1) is 8.68. The predicted octanol–water partition coefficient (Wildman–Crippen LogP) is -0.368. The fourth-order valence-corrected chi connectivity index (χ4v) is 1.43. The van der Waals surface area contributed by atoms with Gasteiger partial charge in [0.25, 0.3) is 5.56 Å². The molecule has 2 aromatic rings. The van der Waals surface area contributed by atoms with Gasteiger partial charge in [-0.2, -0.15) is 0 Å². The van der Waals surface area contributed by atoms with Crippen molar-refractivity contribution in [3.05, 3.63) is 39.3 Å². The van der Waals surface area contributed by atoms with Gasteiger partial charge in [-0.1, -0.05) is 0 Å². The molecule has 0 radical (unpaired) electrons. The van der Waals surface area contributed by atoms with Crippen molar-refractivity contribution in [2.45, 2.75) is 0 Å². The summed E-state index contributed by atoms with van der Waals surface area (Å²) in [5.41, 5.74) is -0.0680. The van der Waals surface area contributed by atoms with Crippen LogP contribution in [0.1, 0.15) is 0 Å². The van der Waals surface area contributed by atoms with Crippen LogP contribution in [-0.4, -0.2) is 14.1 Å². The van der Waals surface area contributed by atoms with Gasteiger partial charge in [0.05, 0.1) is 17.1 Å². The second-order valence-electron chi connectivity index (χ2n) is 3.10. The van der Waals surface area contributed by atoms with E-state index in [2.05, 4.69) is 4.98 Å². The van der Waals surface area contributed by atoms with Gasteiger partial charge in [-0.3, -0.25) is 18.9 Å². The van der Waals surface area contributed by atoms with Crippen LogP contribution in [0.25, 0.3) is 10.9 Å². The molecule has 2 aromatic heterocycles. The molecule has 0 aliphatic rings. The first-order valence-corrected chi connectivity index (χ1v) is 4.12. The molecule has 0 atom stereocenters. The smallest absolute Gasteiger partial charge is 0.295 e. The second kappa shape index (κ2) is 2.80. The van der Waals surface area contributed by atoms with Gasteiger partial charge in [0, 0.05) is 20.3 Å². The molecular formula is C9H9N3O2. The molecule has 5 heteroatoms. The summed E-state index contributed by atoms with van der Waals surface area (Å²) < 4.78 is 2.49. The standard InChI is InChI=1S/C9H9N3O2/c1-11-7-5-10-4-3-6(7)8(13)12(2)9(11)14/h3-5H,1-2H3. The summed E-state index contributed by atoms with van der Waals surface area (Å²) in [6, 6.07) is 1.61. The summed E-state index contributed by atoms with van der Waals surface area (Å²) in [4.78, 5) is 27.0. The quantitative estimate of drug-likeness (QED) is 0.571. The molecule has 72 valence electrons. The summed E-state index contributed by atoms with van der Waals surface area (Å²) in [5, 5.41) is 0.504. The minimum absolute atomic E-state index is 0.287. The molecule has 0 unspecified atom stereocenters. The normalized spacial score (nSPS) is 10.7. The van der Waals surface area contributed by atoms with E-state index in [-0.39, 0.29) is 11.2 Å². The summed E-state index contributed by atoms with van der Waals surface area (Å²) in [6.07, 6.45) is 3.05. The molecule has 0 saturated heterocycles. The number of hydrogen-bond donors (Lipinski definition) is 0. The van der Waals surface area contributed by atoms with Crippen LogP contribution < -0.4 is 11.2 Å². The molecule has 0 amide bonds. The lowest BCUT2D eigenvalue weighted by molar-refractivity contribution is 0.712. The predicted molar refractivity (Wildman–Crippen MR) is 52.2 cm³/mol. The van der Waals surface area contributed by atoms with Crippen LogP contribution in [0.5, 0.6) is 0 Å². The van der Waals surface area contributed by atoms with Crippen molar-refractivity contribution in [2.75, 3.05) is 0 Å². The third kappa shape index (κ3) is 0.985. The lowest BCUT2D eigenvalue weighted by Crippen LogP contribution is -2.36. The number of nitrogens with zero attached hydrogens (tertiary/aromatic N) is 3. The maximum absolute atomic E-state index is 11.6. The number of aryl methyl sites for hydroxylation is 1. The van der Waals surface area contributed by atoms with E-state index in [1.165, 1.54) is 24.0 Å². The van der Waals surface area contributed by atoms with Gasteiger partial charge >= 0.3 is 5.69 Å². The van der Waals surface area contributed by atoms with E-state index in [0.717, 1.165) is 4.57 Å². The van der Waals surface area contributed by atoms with E-state index in [1.54, 1.807) is 13.1 Å². The Kier molecular flexibility index (Phi) is 1.73. The molecule has 2 rings (SSSR count). The van der Waals surface area contributed by atoms with Crippen LogP contribution in [0.3, 0.4) is 0 Å². The zero-order chi connectivity index (χ0) is 10.3. The molecule has 2 heterocycles. The highest BCUT2D eigenvalue weighted by atomic mass is 16.2. The second-order valence-corrected chi connectivity index (χ2v) is 3.10. The Labute approximate surface area is 79.2 Å². The Hall–Kier alpha value is -1.91. The summed E-state index contributed by atoms with van der Waals surface area (Å²) in [7, 11) is 3.08. The van der Waals surface area contributed by atoms with Crippen molar-refractivity contribution < 1.29 is 0 Å². The molecule has 0 saturated carbocycles. The van der Waals surface area contributed by atoms with Crippen molar-refractivity contribution in [1.82, 2.24) is 14.1 Å². The zero-order valence-corrected chi connectivity index (χ0v) is 7.89. The molecule has 0 aliphatic heterocycles. The van der Waals surface area contributed by atoms with Gasteiger partial charge in [0.1, 0.15) is 0 Å². The molecule has 0 spiro atoms. The maximum Gasteiger partial charge on any atom is 0.330 e. The lowest BCUT2D eigenvalue weighted by atomic mass is 10.3. The first-order valence-electron chi connectivity index (χ1n) is 4.12. The van der Waals surface area contributed by atoms with Crippen molar-refractivity contribution >= 4 is 10.9 Å². The molecule has 14 heavy (non-hydrogen) atoms. The fourth-order valence-electron chi connectivity index (χ4n) is 1.43. The zero-order valence-electron chi connectivity index (χ0n) is 7.89. The van der Waals surface area contributed by atoms with Crippen LogP contribution in [0.2, 0.25) is 0 Å².